The van der Waals surface area contributed by atoms with E-state index in [1.165, 1.54) is 11.3 Å². The molecule has 2 heterocycles. The van der Waals surface area contributed by atoms with E-state index in [1.54, 1.807) is 11.3 Å². The molecule has 3 nitrogen and oxygen atoms in total. The number of aliphatic carboxylic acids is 1. The van der Waals surface area contributed by atoms with Crippen molar-refractivity contribution >= 4 is 28.6 Å². The minimum atomic E-state index is -0.792. The fourth-order valence-electron chi connectivity index (χ4n) is 1.72. The molecule has 0 aliphatic rings. The third-order valence-corrected chi connectivity index (χ3v) is 4.43. The largest absolute Gasteiger partial charge is 0.481 e. The van der Waals surface area contributed by atoms with Crippen LogP contribution in [-0.2, 0) is 17.6 Å². The molecule has 102 valence electrons. The number of aromatic nitrogens is 1. The second-order valence-electron chi connectivity index (χ2n) is 5.70. The second-order valence-corrected chi connectivity index (χ2v) is 7.81. The van der Waals surface area contributed by atoms with E-state index in [0.29, 0.717) is 0 Å². The van der Waals surface area contributed by atoms with Crippen LogP contribution in [0.15, 0.2) is 17.5 Å². The van der Waals surface area contributed by atoms with Gasteiger partial charge >= 0.3 is 5.97 Å². The van der Waals surface area contributed by atoms with Gasteiger partial charge in [-0.2, -0.15) is 0 Å². The van der Waals surface area contributed by atoms with Crippen molar-refractivity contribution in [3.8, 4) is 10.6 Å². The molecule has 0 aliphatic heterocycles. The van der Waals surface area contributed by atoms with Gasteiger partial charge in [-0.05, 0) is 17.5 Å². The highest BCUT2D eigenvalue weighted by Crippen LogP contribution is 2.31. The van der Waals surface area contributed by atoms with Gasteiger partial charge in [-0.15, -0.1) is 22.7 Å². The van der Waals surface area contributed by atoms with Crippen LogP contribution in [0.2, 0.25) is 0 Å². The summed E-state index contributed by atoms with van der Waals surface area (Å²) in [6.07, 6.45) is 1.05. The van der Waals surface area contributed by atoms with Crippen LogP contribution in [0.25, 0.3) is 10.6 Å². The number of hydrogen-bond donors (Lipinski definition) is 1. The highest BCUT2D eigenvalue weighted by molar-refractivity contribution is 7.16. The highest BCUT2D eigenvalue weighted by Gasteiger charge is 2.15. The Kier molecular flexibility index (Phi) is 4.06. The fourth-order valence-corrected chi connectivity index (χ4v) is 3.85. The number of hydrogen-bond acceptors (Lipinski definition) is 4. The molecule has 2 rings (SSSR count). The Balaban J connectivity index is 2.14. The van der Waals surface area contributed by atoms with Crippen molar-refractivity contribution in [2.45, 2.75) is 33.6 Å². The molecule has 0 saturated heterocycles. The number of carboxylic acid groups (broad SMARTS) is 1. The van der Waals surface area contributed by atoms with Crippen molar-refractivity contribution < 1.29 is 9.90 Å². The van der Waals surface area contributed by atoms with Gasteiger partial charge in [-0.1, -0.05) is 20.8 Å². The molecule has 0 aromatic carbocycles. The molecule has 5 heteroatoms. The van der Waals surface area contributed by atoms with E-state index in [4.69, 9.17) is 5.11 Å². The van der Waals surface area contributed by atoms with Gasteiger partial charge in [0, 0.05) is 16.7 Å². The van der Waals surface area contributed by atoms with E-state index in [2.05, 4.69) is 31.1 Å². The first-order valence-corrected chi connectivity index (χ1v) is 7.78. The number of carboxylic acids is 1. The zero-order valence-corrected chi connectivity index (χ0v) is 12.9. The average molecular weight is 295 g/mol. The first-order chi connectivity index (χ1) is 8.83. The molecular weight excluding hydrogens is 278 g/mol. The molecule has 0 aliphatic carbocycles. The third kappa shape index (κ3) is 4.14. The summed E-state index contributed by atoms with van der Waals surface area (Å²) >= 11 is 3.18. The van der Waals surface area contributed by atoms with Crippen molar-refractivity contribution in [3.63, 3.8) is 0 Å². The quantitative estimate of drug-likeness (QED) is 0.924. The Morgan fingerprint density at radius 2 is 2.11 bits per heavy atom. The molecule has 0 radical (unpaired) electrons. The molecule has 0 fully saturated rings. The summed E-state index contributed by atoms with van der Waals surface area (Å²) < 4.78 is 0. The Hall–Kier alpha value is -1.20. The van der Waals surface area contributed by atoms with Gasteiger partial charge in [0.25, 0.3) is 0 Å². The lowest BCUT2D eigenvalue weighted by Gasteiger charge is -2.15. The predicted octanol–water partition coefficient (Wildman–Crippen LogP) is 4.09. The first kappa shape index (κ1) is 14.2. The number of thiophene rings is 1. The second kappa shape index (κ2) is 5.43. The average Bonchev–Trinajstić information content (AvgIpc) is 2.83. The Bertz CT molecular complexity index is 578. The molecule has 1 N–H and O–H groups in total. The van der Waals surface area contributed by atoms with Crippen LogP contribution in [0.4, 0.5) is 0 Å². The Morgan fingerprint density at radius 3 is 2.74 bits per heavy atom. The van der Waals surface area contributed by atoms with E-state index < -0.39 is 5.97 Å². The van der Waals surface area contributed by atoms with E-state index in [9.17, 15) is 4.79 Å². The van der Waals surface area contributed by atoms with Crippen LogP contribution in [0.1, 0.15) is 30.7 Å². The topological polar surface area (TPSA) is 50.2 Å². The number of nitrogens with zero attached hydrogens (tertiary/aromatic N) is 1. The predicted molar refractivity (Wildman–Crippen MR) is 79.9 cm³/mol. The highest BCUT2D eigenvalue weighted by atomic mass is 32.1. The molecule has 0 spiro atoms. The lowest BCUT2D eigenvalue weighted by molar-refractivity contribution is -0.136. The lowest BCUT2D eigenvalue weighted by Crippen LogP contribution is -2.08. The van der Waals surface area contributed by atoms with Gasteiger partial charge in [0.2, 0.25) is 0 Å². The molecule has 19 heavy (non-hydrogen) atoms. The summed E-state index contributed by atoms with van der Waals surface area (Å²) in [5, 5.41) is 12.0. The molecular formula is C14H17NO2S2. The van der Waals surface area contributed by atoms with Crippen molar-refractivity contribution in [3.05, 3.63) is 27.4 Å². The Labute approximate surface area is 120 Å². The van der Waals surface area contributed by atoms with Crippen molar-refractivity contribution in [1.29, 1.82) is 0 Å². The van der Waals surface area contributed by atoms with E-state index in [-0.39, 0.29) is 11.8 Å². The lowest BCUT2D eigenvalue weighted by atomic mass is 9.93. The van der Waals surface area contributed by atoms with Crippen molar-refractivity contribution in [1.82, 2.24) is 4.98 Å². The molecule has 0 bridgehead atoms. The zero-order chi connectivity index (χ0) is 14.0. The van der Waals surface area contributed by atoms with Crippen LogP contribution in [0.3, 0.4) is 0 Å². The van der Waals surface area contributed by atoms with Crippen LogP contribution in [-0.4, -0.2) is 16.1 Å². The summed E-state index contributed by atoms with van der Waals surface area (Å²) in [5.41, 5.74) is 1.20. The minimum Gasteiger partial charge on any atom is -0.481 e. The van der Waals surface area contributed by atoms with Gasteiger partial charge < -0.3 is 5.11 Å². The molecule has 2 aromatic heterocycles. The normalized spacial score (nSPS) is 11.7. The molecule has 0 unspecified atom stereocenters. The standard InChI is InChI=1S/C14H17NO2S2/c1-14(2,3)7-12-15-10(8-18-12)11-5-4-9(19-11)6-13(16)17/h4-5,8H,6-7H2,1-3H3,(H,16,17). The van der Waals surface area contributed by atoms with Gasteiger partial charge in [-0.3, -0.25) is 4.79 Å². The van der Waals surface area contributed by atoms with Crippen LogP contribution in [0.5, 0.6) is 0 Å². The molecule has 0 atom stereocenters. The molecule has 0 saturated carbocycles. The molecule has 2 aromatic rings. The van der Waals surface area contributed by atoms with Gasteiger partial charge in [0.1, 0.15) is 0 Å². The van der Waals surface area contributed by atoms with E-state index >= 15 is 0 Å². The van der Waals surface area contributed by atoms with Crippen LogP contribution in [0, 0.1) is 5.41 Å². The summed E-state index contributed by atoms with van der Waals surface area (Å²) in [6, 6.07) is 3.83. The van der Waals surface area contributed by atoms with Crippen LogP contribution >= 0.6 is 22.7 Å². The first-order valence-electron chi connectivity index (χ1n) is 6.09. The van der Waals surface area contributed by atoms with E-state index in [1.807, 2.05) is 12.1 Å². The maximum atomic E-state index is 10.7. The Morgan fingerprint density at radius 1 is 1.37 bits per heavy atom. The third-order valence-electron chi connectivity index (χ3n) is 2.47. The van der Waals surface area contributed by atoms with Gasteiger partial charge in [0.05, 0.1) is 22.0 Å². The summed E-state index contributed by atoms with van der Waals surface area (Å²) in [7, 11) is 0. The zero-order valence-electron chi connectivity index (χ0n) is 11.3. The van der Waals surface area contributed by atoms with Gasteiger partial charge in [-0.25, -0.2) is 4.98 Å². The van der Waals surface area contributed by atoms with Crippen molar-refractivity contribution in [2.75, 3.05) is 0 Å². The fraction of sp³-hybridized carbons (Fsp3) is 0.429. The molecule has 0 amide bonds. The summed E-state index contributed by atoms with van der Waals surface area (Å²) in [5.74, 6) is -0.792. The number of thiazole rings is 1. The van der Waals surface area contributed by atoms with E-state index in [0.717, 1.165) is 26.9 Å². The minimum absolute atomic E-state index is 0.0870. The maximum absolute atomic E-state index is 10.7. The van der Waals surface area contributed by atoms with Gasteiger partial charge in [0.15, 0.2) is 0 Å². The maximum Gasteiger partial charge on any atom is 0.308 e. The smallest absolute Gasteiger partial charge is 0.308 e. The number of rotatable bonds is 4. The SMILES string of the molecule is CC(C)(C)Cc1nc(-c2ccc(CC(=O)O)s2)cs1. The van der Waals surface area contributed by atoms with Crippen molar-refractivity contribution in [2.24, 2.45) is 5.41 Å². The summed E-state index contributed by atoms with van der Waals surface area (Å²) in [6.45, 7) is 6.60. The van der Waals surface area contributed by atoms with Crippen LogP contribution < -0.4 is 0 Å². The number of carbonyl (C=O) groups is 1. The monoisotopic (exact) mass is 295 g/mol. The summed E-state index contributed by atoms with van der Waals surface area (Å²) in [4.78, 5) is 17.2.